The summed E-state index contributed by atoms with van der Waals surface area (Å²) < 4.78 is 26.8. The molecule has 7 heteroatoms. The lowest BCUT2D eigenvalue weighted by atomic mass is 10.0. The Morgan fingerprint density at radius 1 is 1.00 bits per heavy atom. The molecule has 1 aliphatic heterocycles. The molecule has 0 spiro atoms. The number of carbonyl (C=O) groups excluding carboxylic acids is 1. The van der Waals surface area contributed by atoms with E-state index < -0.39 is 10.0 Å². The minimum absolute atomic E-state index is 0.0161. The third-order valence-corrected chi connectivity index (χ3v) is 7.00. The molecule has 0 aromatic heterocycles. The molecule has 1 heterocycles. The first-order chi connectivity index (χ1) is 14.4. The highest BCUT2D eigenvalue weighted by atomic mass is 32.2. The highest BCUT2D eigenvalue weighted by Gasteiger charge is 2.33. The maximum atomic E-state index is 13.3. The molecule has 1 fully saturated rings. The summed E-state index contributed by atoms with van der Waals surface area (Å²) in [4.78, 5) is 17.1. The standard InChI is InChI=1S/C23H29N3O3S/c1-3-24(2)22(21-12-8-5-9-13-21)23(27)25-15-17-26(18-16-25)30(28,29)19-14-20-10-6-4-7-11-20/h4-14,19,22H,3,15-18H2,1-2H3/b19-14+. The zero-order chi connectivity index (χ0) is 21.6. The van der Waals surface area contributed by atoms with Crippen molar-refractivity contribution in [1.82, 2.24) is 14.1 Å². The molecule has 0 saturated carbocycles. The van der Waals surface area contributed by atoms with E-state index in [1.807, 2.05) is 79.5 Å². The summed E-state index contributed by atoms with van der Waals surface area (Å²) in [5.41, 5.74) is 1.79. The van der Waals surface area contributed by atoms with Gasteiger partial charge in [-0.15, -0.1) is 0 Å². The van der Waals surface area contributed by atoms with Gasteiger partial charge in [0.2, 0.25) is 15.9 Å². The van der Waals surface area contributed by atoms with E-state index in [0.717, 1.165) is 17.7 Å². The molecule has 0 bridgehead atoms. The molecular formula is C23H29N3O3S. The quantitative estimate of drug-likeness (QED) is 0.682. The normalized spacial score (nSPS) is 16.8. The Bertz CT molecular complexity index is 954. The van der Waals surface area contributed by atoms with Gasteiger partial charge < -0.3 is 4.90 Å². The van der Waals surface area contributed by atoms with Gasteiger partial charge in [0.1, 0.15) is 6.04 Å². The monoisotopic (exact) mass is 427 g/mol. The van der Waals surface area contributed by atoms with E-state index in [0.29, 0.717) is 26.2 Å². The SMILES string of the molecule is CCN(C)C(C(=O)N1CCN(S(=O)(=O)/C=C/c2ccccc2)CC1)c1ccccc1. The first kappa shape index (κ1) is 22.2. The second kappa shape index (κ2) is 10.0. The Morgan fingerprint density at radius 2 is 1.57 bits per heavy atom. The van der Waals surface area contributed by atoms with Crippen LogP contribution in [0.3, 0.4) is 0 Å². The molecule has 1 amide bonds. The van der Waals surface area contributed by atoms with Crippen molar-refractivity contribution in [2.75, 3.05) is 39.8 Å². The van der Waals surface area contributed by atoms with Crippen LogP contribution in [0.1, 0.15) is 24.1 Å². The van der Waals surface area contributed by atoms with Crippen LogP contribution in [-0.4, -0.2) is 68.2 Å². The molecule has 30 heavy (non-hydrogen) atoms. The van der Waals surface area contributed by atoms with E-state index in [1.54, 1.807) is 11.0 Å². The highest BCUT2D eigenvalue weighted by molar-refractivity contribution is 7.92. The molecule has 1 atom stereocenters. The summed E-state index contributed by atoms with van der Waals surface area (Å²) >= 11 is 0. The van der Waals surface area contributed by atoms with Crippen molar-refractivity contribution in [2.45, 2.75) is 13.0 Å². The third-order valence-electron chi connectivity index (χ3n) is 5.43. The van der Waals surface area contributed by atoms with Crippen molar-refractivity contribution in [1.29, 1.82) is 0 Å². The van der Waals surface area contributed by atoms with Crippen molar-refractivity contribution in [3.8, 4) is 0 Å². The van der Waals surface area contributed by atoms with Crippen LogP contribution in [0.15, 0.2) is 66.1 Å². The van der Waals surface area contributed by atoms with E-state index >= 15 is 0 Å². The van der Waals surface area contributed by atoms with E-state index in [2.05, 4.69) is 0 Å². The van der Waals surface area contributed by atoms with Crippen LogP contribution < -0.4 is 0 Å². The molecule has 3 rings (SSSR count). The van der Waals surface area contributed by atoms with Crippen LogP contribution in [0.2, 0.25) is 0 Å². The Morgan fingerprint density at radius 3 is 2.13 bits per heavy atom. The summed E-state index contributed by atoms with van der Waals surface area (Å²) in [6.07, 6.45) is 1.61. The number of hydrogen-bond acceptors (Lipinski definition) is 4. The third kappa shape index (κ3) is 5.36. The van der Waals surface area contributed by atoms with E-state index in [1.165, 1.54) is 9.71 Å². The minimum Gasteiger partial charge on any atom is -0.338 e. The number of sulfonamides is 1. The molecule has 1 saturated heterocycles. The molecule has 2 aromatic carbocycles. The van der Waals surface area contributed by atoms with Crippen LogP contribution in [0.25, 0.3) is 6.08 Å². The Labute approximate surface area is 179 Å². The Kier molecular flexibility index (Phi) is 7.42. The van der Waals surface area contributed by atoms with Gasteiger partial charge in [-0.05, 0) is 30.8 Å². The van der Waals surface area contributed by atoms with Crippen molar-refractivity contribution >= 4 is 22.0 Å². The summed E-state index contributed by atoms with van der Waals surface area (Å²) in [5.74, 6) is 0.0161. The van der Waals surface area contributed by atoms with Gasteiger partial charge in [-0.3, -0.25) is 9.69 Å². The minimum atomic E-state index is -3.52. The van der Waals surface area contributed by atoms with Gasteiger partial charge in [0.15, 0.2) is 0 Å². The van der Waals surface area contributed by atoms with E-state index in [-0.39, 0.29) is 11.9 Å². The van der Waals surface area contributed by atoms with E-state index in [4.69, 9.17) is 0 Å². The van der Waals surface area contributed by atoms with Crippen molar-refractivity contribution in [2.24, 2.45) is 0 Å². The molecule has 0 aliphatic carbocycles. The van der Waals surface area contributed by atoms with Crippen LogP contribution in [0, 0.1) is 0 Å². The van der Waals surface area contributed by atoms with Crippen molar-refractivity contribution in [3.63, 3.8) is 0 Å². The Hall–Kier alpha value is -2.48. The molecule has 0 radical (unpaired) electrons. The largest absolute Gasteiger partial charge is 0.338 e. The number of hydrogen-bond donors (Lipinski definition) is 0. The maximum absolute atomic E-state index is 13.3. The predicted octanol–water partition coefficient (Wildman–Crippen LogP) is 2.82. The second-order valence-corrected chi connectivity index (χ2v) is 9.19. The number of carbonyl (C=O) groups is 1. The fraction of sp³-hybridized carbons (Fsp3) is 0.348. The van der Waals surface area contributed by atoms with Crippen LogP contribution in [0.4, 0.5) is 0 Å². The number of piperazine rings is 1. The lowest BCUT2D eigenvalue weighted by Gasteiger charge is -2.37. The number of likely N-dealkylation sites (N-methyl/N-ethyl adjacent to an activating group) is 1. The fourth-order valence-electron chi connectivity index (χ4n) is 3.55. The van der Waals surface area contributed by atoms with Crippen LogP contribution in [0.5, 0.6) is 0 Å². The van der Waals surface area contributed by atoms with Crippen molar-refractivity contribution in [3.05, 3.63) is 77.2 Å². The summed E-state index contributed by atoms with van der Waals surface area (Å²) in [7, 11) is -1.58. The van der Waals surface area contributed by atoms with Gasteiger partial charge in [-0.2, -0.15) is 4.31 Å². The average molecular weight is 428 g/mol. The molecular weight excluding hydrogens is 398 g/mol. The van der Waals surface area contributed by atoms with Gasteiger partial charge in [0, 0.05) is 31.6 Å². The molecule has 160 valence electrons. The molecule has 1 aliphatic rings. The highest BCUT2D eigenvalue weighted by Crippen LogP contribution is 2.23. The lowest BCUT2D eigenvalue weighted by Crippen LogP contribution is -2.52. The molecule has 0 N–H and O–H groups in total. The molecule has 1 unspecified atom stereocenters. The fourth-order valence-corrected chi connectivity index (χ4v) is 4.73. The summed E-state index contributed by atoms with van der Waals surface area (Å²) in [6, 6.07) is 18.7. The van der Waals surface area contributed by atoms with Crippen LogP contribution in [-0.2, 0) is 14.8 Å². The number of rotatable bonds is 7. The average Bonchev–Trinajstić information content (AvgIpc) is 2.79. The lowest BCUT2D eigenvalue weighted by molar-refractivity contribution is -0.138. The number of amides is 1. The predicted molar refractivity (Wildman–Crippen MR) is 120 cm³/mol. The van der Waals surface area contributed by atoms with Crippen LogP contribution >= 0.6 is 0 Å². The summed E-state index contributed by atoms with van der Waals surface area (Å²) in [5, 5.41) is 1.25. The first-order valence-electron chi connectivity index (χ1n) is 10.2. The van der Waals surface area contributed by atoms with Gasteiger partial charge >= 0.3 is 0 Å². The number of nitrogens with zero attached hydrogens (tertiary/aromatic N) is 3. The van der Waals surface area contributed by atoms with E-state index in [9.17, 15) is 13.2 Å². The number of benzene rings is 2. The van der Waals surface area contributed by atoms with Gasteiger partial charge in [0.05, 0.1) is 0 Å². The van der Waals surface area contributed by atoms with Gasteiger partial charge in [0.25, 0.3) is 0 Å². The van der Waals surface area contributed by atoms with Crippen molar-refractivity contribution < 1.29 is 13.2 Å². The maximum Gasteiger partial charge on any atom is 0.244 e. The zero-order valence-corrected chi connectivity index (χ0v) is 18.3. The topological polar surface area (TPSA) is 60.9 Å². The van der Waals surface area contributed by atoms with Gasteiger partial charge in [-0.25, -0.2) is 8.42 Å². The van der Waals surface area contributed by atoms with Gasteiger partial charge in [-0.1, -0.05) is 67.6 Å². The molecule has 6 nitrogen and oxygen atoms in total. The first-order valence-corrected chi connectivity index (χ1v) is 11.7. The molecule has 2 aromatic rings. The zero-order valence-electron chi connectivity index (χ0n) is 17.5. The summed E-state index contributed by atoms with van der Waals surface area (Å²) in [6.45, 7) is 4.13. The Balaban J connectivity index is 1.66. The second-order valence-electron chi connectivity index (χ2n) is 7.37. The smallest absolute Gasteiger partial charge is 0.244 e.